The number of anilines is 1. The molecule has 3 fully saturated rings. The van der Waals surface area contributed by atoms with E-state index >= 15 is 0 Å². The monoisotopic (exact) mass is 420 g/mol. The van der Waals surface area contributed by atoms with Crippen LogP contribution in [0.3, 0.4) is 0 Å². The summed E-state index contributed by atoms with van der Waals surface area (Å²) in [5, 5.41) is 1.08. The Labute approximate surface area is 176 Å². The average Bonchev–Trinajstić information content (AvgIpc) is 3.12. The van der Waals surface area contributed by atoms with Gasteiger partial charge in [0.25, 0.3) is 0 Å². The number of halogens is 1. The molecule has 5 rings (SSSR count). The van der Waals surface area contributed by atoms with Crippen LogP contribution in [0.25, 0.3) is 10.2 Å². The van der Waals surface area contributed by atoms with Gasteiger partial charge in [-0.1, -0.05) is 29.9 Å². The Kier molecular flexibility index (Phi) is 5.81. The van der Waals surface area contributed by atoms with Gasteiger partial charge in [-0.2, -0.15) is 0 Å². The topological polar surface area (TPSA) is 62.5 Å². The van der Waals surface area contributed by atoms with Gasteiger partial charge >= 0.3 is 0 Å². The minimum absolute atomic E-state index is 0. The lowest BCUT2D eigenvalue weighted by Crippen LogP contribution is -2.53. The third-order valence-corrected chi connectivity index (χ3v) is 8.00. The highest BCUT2D eigenvalue weighted by Gasteiger charge is 2.42. The summed E-state index contributed by atoms with van der Waals surface area (Å²) in [6.45, 7) is 3.38. The van der Waals surface area contributed by atoms with Crippen molar-refractivity contribution >= 4 is 45.0 Å². The lowest BCUT2D eigenvalue weighted by atomic mass is 9.65. The van der Waals surface area contributed by atoms with Gasteiger partial charge in [0.2, 0.25) is 5.91 Å². The molecule has 2 saturated carbocycles. The summed E-state index contributed by atoms with van der Waals surface area (Å²) in [6.07, 6.45) is 5.74. The van der Waals surface area contributed by atoms with Crippen molar-refractivity contribution in [3.05, 3.63) is 24.3 Å². The van der Waals surface area contributed by atoms with Crippen LogP contribution in [0.15, 0.2) is 24.3 Å². The number of thiazole rings is 1. The van der Waals surface area contributed by atoms with Crippen molar-refractivity contribution in [2.24, 2.45) is 23.5 Å². The number of hydrogen-bond donors (Lipinski definition) is 1. The van der Waals surface area contributed by atoms with Gasteiger partial charge in [0.1, 0.15) is 0 Å². The van der Waals surface area contributed by atoms with Crippen LogP contribution in [0.1, 0.15) is 32.1 Å². The quantitative estimate of drug-likeness (QED) is 0.807. The smallest absolute Gasteiger partial charge is 0.225 e. The molecular weight excluding hydrogens is 392 g/mol. The van der Waals surface area contributed by atoms with Crippen molar-refractivity contribution in [1.29, 1.82) is 0 Å². The molecule has 7 heteroatoms. The van der Waals surface area contributed by atoms with Crippen molar-refractivity contribution in [3.63, 3.8) is 0 Å². The largest absolute Gasteiger partial charge is 0.345 e. The molecule has 1 saturated heterocycles. The van der Waals surface area contributed by atoms with Crippen LogP contribution in [0.4, 0.5) is 5.13 Å². The SMILES string of the molecule is Cl.NC1C2CCCC1CC(C(=O)N1CCN(c3nc4ccccc4s3)CC1)C2. The molecule has 152 valence electrons. The highest BCUT2D eigenvalue weighted by molar-refractivity contribution is 7.22. The number of benzene rings is 1. The summed E-state index contributed by atoms with van der Waals surface area (Å²) in [5.74, 6) is 1.71. The second-order valence-corrected chi connectivity index (χ2v) is 9.48. The molecule has 1 aliphatic heterocycles. The van der Waals surface area contributed by atoms with Gasteiger partial charge in [0.05, 0.1) is 10.2 Å². The van der Waals surface area contributed by atoms with Crippen LogP contribution < -0.4 is 10.6 Å². The van der Waals surface area contributed by atoms with Gasteiger partial charge in [0, 0.05) is 38.1 Å². The Morgan fingerprint density at radius 2 is 1.75 bits per heavy atom. The third kappa shape index (κ3) is 3.62. The number of hydrogen-bond acceptors (Lipinski definition) is 5. The van der Waals surface area contributed by atoms with E-state index in [1.807, 2.05) is 6.07 Å². The number of aromatic nitrogens is 1. The molecule has 2 aliphatic carbocycles. The first-order valence-corrected chi connectivity index (χ1v) is 11.2. The Morgan fingerprint density at radius 1 is 1.07 bits per heavy atom. The number of nitrogens with zero attached hydrogens (tertiary/aromatic N) is 3. The fourth-order valence-electron chi connectivity index (χ4n) is 5.36. The zero-order valence-electron chi connectivity index (χ0n) is 16.1. The molecule has 3 aliphatic rings. The van der Waals surface area contributed by atoms with Crippen molar-refractivity contribution in [3.8, 4) is 0 Å². The van der Waals surface area contributed by atoms with Crippen LogP contribution >= 0.6 is 23.7 Å². The molecule has 2 unspecified atom stereocenters. The summed E-state index contributed by atoms with van der Waals surface area (Å²) in [6, 6.07) is 8.62. The number of para-hydroxylation sites is 1. The predicted octanol–water partition coefficient (Wildman–Crippen LogP) is 3.52. The van der Waals surface area contributed by atoms with Gasteiger partial charge in [-0.15, -0.1) is 12.4 Å². The van der Waals surface area contributed by atoms with Gasteiger partial charge in [-0.05, 0) is 49.7 Å². The summed E-state index contributed by atoms with van der Waals surface area (Å²) < 4.78 is 1.23. The molecule has 2 aromatic rings. The maximum atomic E-state index is 13.1. The maximum absolute atomic E-state index is 13.1. The first kappa shape index (κ1) is 19.9. The van der Waals surface area contributed by atoms with Crippen LogP contribution in [0.5, 0.6) is 0 Å². The Morgan fingerprint density at radius 3 is 2.43 bits per heavy atom. The number of amides is 1. The summed E-state index contributed by atoms with van der Waals surface area (Å²) in [7, 11) is 0. The van der Waals surface area contributed by atoms with E-state index in [-0.39, 0.29) is 18.3 Å². The first-order valence-electron chi connectivity index (χ1n) is 10.3. The Balaban J connectivity index is 0.00000192. The Hall–Kier alpha value is -1.37. The van der Waals surface area contributed by atoms with E-state index in [0.717, 1.165) is 49.7 Å². The molecule has 0 spiro atoms. The van der Waals surface area contributed by atoms with E-state index in [4.69, 9.17) is 10.7 Å². The molecule has 1 aromatic heterocycles. The van der Waals surface area contributed by atoms with Crippen molar-refractivity contribution in [1.82, 2.24) is 9.88 Å². The molecule has 2 atom stereocenters. The minimum Gasteiger partial charge on any atom is -0.345 e. The fraction of sp³-hybridized carbons (Fsp3) is 0.619. The molecule has 2 bridgehead atoms. The Bertz CT molecular complexity index is 788. The highest BCUT2D eigenvalue weighted by Crippen LogP contribution is 2.42. The number of rotatable bonds is 2. The lowest BCUT2D eigenvalue weighted by Gasteiger charge is -2.45. The standard InChI is InChI=1S/C21H28N4OS.ClH/c22-19-14-4-3-5-15(19)13-16(12-14)20(26)24-8-10-25(11-9-24)21-23-17-6-1-2-7-18(17)27-21;/h1-2,6-7,14-16,19H,3-5,8-13,22H2;1H. The maximum Gasteiger partial charge on any atom is 0.225 e. The van der Waals surface area contributed by atoms with E-state index in [1.165, 1.54) is 24.0 Å². The van der Waals surface area contributed by atoms with Crippen LogP contribution in [0, 0.1) is 17.8 Å². The highest BCUT2D eigenvalue weighted by atomic mass is 35.5. The van der Waals surface area contributed by atoms with E-state index in [9.17, 15) is 4.79 Å². The summed E-state index contributed by atoms with van der Waals surface area (Å²) in [5.41, 5.74) is 7.47. The van der Waals surface area contributed by atoms with Gasteiger partial charge < -0.3 is 15.5 Å². The van der Waals surface area contributed by atoms with Crippen LogP contribution in [-0.4, -0.2) is 48.0 Å². The molecule has 1 amide bonds. The van der Waals surface area contributed by atoms with Crippen molar-refractivity contribution in [2.45, 2.75) is 38.1 Å². The second kappa shape index (κ2) is 8.17. The fourth-order valence-corrected chi connectivity index (χ4v) is 6.38. The molecular formula is C21H29ClN4OS. The van der Waals surface area contributed by atoms with Crippen LogP contribution in [-0.2, 0) is 4.79 Å². The lowest BCUT2D eigenvalue weighted by molar-refractivity contribution is -0.138. The number of carbonyl (C=O) groups excluding carboxylic acids is 1. The molecule has 28 heavy (non-hydrogen) atoms. The number of nitrogens with two attached hydrogens (primary N) is 1. The third-order valence-electron chi connectivity index (χ3n) is 6.91. The zero-order chi connectivity index (χ0) is 18.4. The van der Waals surface area contributed by atoms with Gasteiger partial charge in [0.15, 0.2) is 5.13 Å². The number of carbonyl (C=O) groups is 1. The molecule has 2 heterocycles. The summed E-state index contributed by atoms with van der Waals surface area (Å²) >= 11 is 1.75. The van der Waals surface area contributed by atoms with Crippen LogP contribution in [0.2, 0.25) is 0 Å². The van der Waals surface area contributed by atoms with Gasteiger partial charge in [-0.25, -0.2) is 4.98 Å². The van der Waals surface area contributed by atoms with E-state index < -0.39 is 0 Å². The zero-order valence-corrected chi connectivity index (χ0v) is 17.8. The van der Waals surface area contributed by atoms with E-state index in [0.29, 0.717) is 23.8 Å². The van der Waals surface area contributed by atoms with Gasteiger partial charge in [-0.3, -0.25) is 4.79 Å². The number of piperazine rings is 1. The number of fused-ring (bicyclic) bond motifs is 3. The van der Waals surface area contributed by atoms with E-state index in [2.05, 4.69) is 28.0 Å². The normalized spacial score (nSPS) is 30.2. The van der Waals surface area contributed by atoms with Crippen molar-refractivity contribution < 1.29 is 4.79 Å². The summed E-state index contributed by atoms with van der Waals surface area (Å²) in [4.78, 5) is 22.3. The molecule has 1 aromatic carbocycles. The average molecular weight is 421 g/mol. The van der Waals surface area contributed by atoms with E-state index in [1.54, 1.807) is 11.3 Å². The van der Waals surface area contributed by atoms with Crippen molar-refractivity contribution in [2.75, 3.05) is 31.1 Å². The predicted molar refractivity (Wildman–Crippen MR) is 117 cm³/mol. The molecule has 2 N–H and O–H groups in total. The molecule has 0 radical (unpaired) electrons. The second-order valence-electron chi connectivity index (χ2n) is 8.47. The minimum atomic E-state index is 0. The molecule has 5 nitrogen and oxygen atoms in total. The first-order chi connectivity index (χ1) is 13.2.